The monoisotopic (exact) mass is 596 g/mol. The highest BCUT2D eigenvalue weighted by atomic mass is 79.9. The zero-order valence-corrected chi connectivity index (χ0v) is 23.3. The predicted octanol–water partition coefficient (Wildman–Crippen LogP) is 8.52. The van der Waals surface area contributed by atoms with Gasteiger partial charge in [-0.15, -0.1) is 0 Å². The van der Waals surface area contributed by atoms with Crippen molar-refractivity contribution in [1.82, 2.24) is 9.78 Å². The molecule has 1 heterocycles. The highest BCUT2D eigenvalue weighted by Gasteiger charge is 2.14. The predicted molar refractivity (Wildman–Crippen MR) is 158 cm³/mol. The van der Waals surface area contributed by atoms with Crippen LogP contribution >= 0.6 is 15.9 Å². The number of carbonyl (C=O) groups is 1. The molecule has 5 aromatic rings. The summed E-state index contributed by atoms with van der Waals surface area (Å²) in [6.45, 7) is 2.27. The van der Waals surface area contributed by atoms with Crippen molar-refractivity contribution in [2.45, 2.75) is 19.6 Å². The van der Waals surface area contributed by atoms with Gasteiger partial charge in [0.1, 0.15) is 35.7 Å². The summed E-state index contributed by atoms with van der Waals surface area (Å²) in [6, 6.07) is 31.3. The highest BCUT2D eigenvalue weighted by Crippen LogP contribution is 2.28. The van der Waals surface area contributed by atoms with Crippen molar-refractivity contribution in [2.24, 2.45) is 0 Å². The van der Waals surface area contributed by atoms with Crippen molar-refractivity contribution in [3.63, 3.8) is 0 Å². The second kappa shape index (κ2) is 12.6. The molecule has 0 radical (unpaired) electrons. The number of hydrogen-bond acceptors (Lipinski definition) is 4. The quantitative estimate of drug-likeness (QED) is 0.160. The minimum atomic E-state index is -0.482. The fraction of sp³-hybridized carbons (Fsp3) is 0.0909. The van der Waals surface area contributed by atoms with Crippen LogP contribution in [-0.2, 0) is 6.61 Å². The maximum Gasteiger partial charge on any atom is 0.270 e. The van der Waals surface area contributed by atoms with Gasteiger partial charge in [-0.1, -0.05) is 70.5 Å². The topological polar surface area (TPSA) is 53.4 Å². The maximum absolute atomic E-state index is 14.7. The third-order valence-corrected chi connectivity index (χ3v) is 6.74. The first-order chi connectivity index (χ1) is 19.4. The Hall–Kier alpha value is -4.49. The minimum absolute atomic E-state index is 0.299. The number of nitrogens with zero attached hydrogens (tertiary/aromatic N) is 2. The largest absolute Gasteiger partial charge is 0.489 e. The van der Waals surface area contributed by atoms with Crippen molar-refractivity contribution in [2.75, 3.05) is 0 Å². The van der Waals surface area contributed by atoms with Crippen LogP contribution < -0.4 is 9.47 Å². The molecular formula is C33H26BrFN2O3. The molecule has 7 heteroatoms. The van der Waals surface area contributed by atoms with Gasteiger partial charge in [0.25, 0.3) is 5.91 Å². The Bertz CT molecular complexity index is 1610. The van der Waals surface area contributed by atoms with E-state index in [4.69, 9.17) is 9.47 Å². The van der Waals surface area contributed by atoms with E-state index in [1.165, 1.54) is 16.8 Å². The van der Waals surface area contributed by atoms with Gasteiger partial charge in [0.15, 0.2) is 0 Å². The molecular weight excluding hydrogens is 571 g/mol. The van der Waals surface area contributed by atoms with Gasteiger partial charge in [0.2, 0.25) is 0 Å². The Morgan fingerprint density at radius 1 is 0.950 bits per heavy atom. The van der Waals surface area contributed by atoms with Crippen LogP contribution in [0.1, 0.15) is 34.6 Å². The second-order valence-electron chi connectivity index (χ2n) is 9.11. The number of hydrogen-bond donors (Lipinski definition) is 0. The van der Waals surface area contributed by atoms with E-state index < -0.39 is 6.10 Å². The number of allylic oxidation sites excluding steroid dienone is 1. The fourth-order valence-corrected chi connectivity index (χ4v) is 4.29. The molecule has 1 aromatic heterocycles. The Morgan fingerprint density at radius 2 is 1.68 bits per heavy atom. The lowest BCUT2D eigenvalue weighted by atomic mass is 10.1. The summed E-state index contributed by atoms with van der Waals surface area (Å²) < 4.78 is 28.7. The summed E-state index contributed by atoms with van der Waals surface area (Å²) >= 11 is 3.43. The van der Waals surface area contributed by atoms with Gasteiger partial charge < -0.3 is 9.47 Å². The first kappa shape index (κ1) is 27.1. The number of halogens is 2. The molecule has 40 heavy (non-hydrogen) atoms. The molecule has 0 spiro atoms. The second-order valence-corrected chi connectivity index (χ2v) is 10.0. The first-order valence-corrected chi connectivity index (χ1v) is 13.5. The van der Waals surface area contributed by atoms with Crippen LogP contribution in [-0.4, -0.2) is 15.7 Å². The van der Waals surface area contributed by atoms with Crippen molar-refractivity contribution in [1.29, 1.82) is 0 Å². The van der Waals surface area contributed by atoms with E-state index >= 15 is 0 Å². The molecule has 4 aromatic carbocycles. The summed E-state index contributed by atoms with van der Waals surface area (Å²) in [6.07, 6.45) is 4.28. The summed E-state index contributed by atoms with van der Waals surface area (Å²) in [4.78, 5) is 12.7. The molecule has 200 valence electrons. The van der Waals surface area contributed by atoms with Gasteiger partial charge in [0.05, 0.1) is 0 Å². The highest BCUT2D eigenvalue weighted by molar-refractivity contribution is 9.10. The summed E-state index contributed by atoms with van der Waals surface area (Å²) in [7, 11) is 0. The zero-order chi connectivity index (χ0) is 27.9. The summed E-state index contributed by atoms with van der Waals surface area (Å²) in [5.74, 6) is 0.458. The molecule has 5 nitrogen and oxygen atoms in total. The van der Waals surface area contributed by atoms with Crippen molar-refractivity contribution >= 4 is 27.9 Å². The number of aromatic nitrogens is 2. The van der Waals surface area contributed by atoms with E-state index in [0.717, 1.165) is 26.9 Å². The minimum Gasteiger partial charge on any atom is -0.489 e. The van der Waals surface area contributed by atoms with E-state index in [0.29, 0.717) is 23.6 Å². The van der Waals surface area contributed by atoms with E-state index in [-0.39, 0.29) is 11.7 Å². The summed E-state index contributed by atoms with van der Waals surface area (Å²) in [5, 5.41) is 4.35. The molecule has 0 saturated heterocycles. The van der Waals surface area contributed by atoms with Crippen molar-refractivity contribution in [3.8, 4) is 22.6 Å². The smallest absolute Gasteiger partial charge is 0.270 e. The van der Waals surface area contributed by atoms with Crippen LogP contribution in [0.15, 0.2) is 120 Å². The fourth-order valence-electron chi connectivity index (χ4n) is 4.03. The Balaban J connectivity index is 1.16. The lowest BCUT2D eigenvalue weighted by Crippen LogP contribution is -2.10. The lowest BCUT2D eigenvalue weighted by molar-refractivity contribution is 0.0953. The molecule has 0 saturated carbocycles. The molecule has 0 fully saturated rings. The molecule has 0 aliphatic heterocycles. The lowest BCUT2D eigenvalue weighted by Gasteiger charge is -2.13. The van der Waals surface area contributed by atoms with Crippen LogP contribution in [0.5, 0.6) is 11.5 Å². The Labute approximate surface area is 240 Å². The van der Waals surface area contributed by atoms with Crippen LogP contribution in [0.3, 0.4) is 0 Å². The van der Waals surface area contributed by atoms with E-state index in [1.807, 2.05) is 78.9 Å². The summed E-state index contributed by atoms with van der Waals surface area (Å²) in [5.41, 5.74) is 3.79. The molecule has 0 bridgehead atoms. The third kappa shape index (κ3) is 6.93. The first-order valence-electron chi connectivity index (χ1n) is 12.7. The Kier molecular flexibility index (Phi) is 8.52. The van der Waals surface area contributed by atoms with Crippen LogP contribution in [0.25, 0.3) is 17.2 Å². The number of benzene rings is 4. The average Bonchev–Trinajstić information content (AvgIpc) is 3.48. The molecule has 5 rings (SSSR count). The Morgan fingerprint density at radius 3 is 2.40 bits per heavy atom. The van der Waals surface area contributed by atoms with Gasteiger partial charge in [0, 0.05) is 28.4 Å². The van der Waals surface area contributed by atoms with Crippen LogP contribution in [0.4, 0.5) is 4.39 Å². The SMILES string of the molecule is CC(Oc1ccc(-c2ccccc2)c(F)c1)c1ccn(C(=O)/C=C/c2ccc(OCc3ccc(Br)cc3)cc2)n1. The molecule has 0 aliphatic carbocycles. The average molecular weight is 597 g/mol. The van der Waals surface area contributed by atoms with Gasteiger partial charge >= 0.3 is 0 Å². The molecule has 1 unspecified atom stereocenters. The molecule has 1 atom stereocenters. The van der Waals surface area contributed by atoms with E-state index in [9.17, 15) is 9.18 Å². The maximum atomic E-state index is 14.7. The normalized spacial score (nSPS) is 11.9. The third-order valence-electron chi connectivity index (χ3n) is 6.21. The van der Waals surface area contributed by atoms with Gasteiger partial charge in [-0.25, -0.2) is 9.07 Å². The standard InChI is InChI=1S/C33H26BrFN2O3/c1-23(40-29-16-17-30(31(35)21-29)26-5-3-2-4-6-26)32-19-20-37(36-32)33(38)18-11-24-9-14-28(15-10-24)39-22-25-7-12-27(34)13-8-25/h2-21,23H,22H2,1H3/b18-11+. The molecule has 0 N–H and O–H groups in total. The number of ether oxygens (including phenoxy) is 2. The van der Waals surface area contributed by atoms with Crippen molar-refractivity contribution < 1.29 is 18.7 Å². The number of rotatable bonds is 9. The van der Waals surface area contributed by atoms with Crippen molar-refractivity contribution in [3.05, 3.63) is 143 Å². The number of carbonyl (C=O) groups excluding carboxylic acids is 1. The van der Waals surface area contributed by atoms with Gasteiger partial charge in [-0.2, -0.15) is 5.10 Å². The van der Waals surface area contributed by atoms with Gasteiger partial charge in [-0.05, 0) is 72.2 Å². The zero-order valence-electron chi connectivity index (χ0n) is 21.7. The molecule has 0 amide bonds. The van der Waals surface area contributed by atoms with E-state index in [1.54, 1.807) is 37.4 Å². The van der Waals surface area contributed by atoms with E-state index in [2.05, 4.69) is 21.0 Å². The van der Waals surface area contributed by atoms with Crippen LogP contribution in [0.2, 0.25) is 0 Å². The molecule has 0 aliphatic rings. The van der Waals surface area contributed by atoms with Crippen LogP contribution in [0, 0.1) is 5.82 Å². The van der Waals surface area contributed by atoms with Gasteiger partial charge in [-0.3, -0.25) is 4.79 Å².